The zero-order chi connectivity index (χ0) is 29.2. The van der Waals surface area contributed by atoms with E-state index >= 15 is 0 Å². The normalized spacial score (nSPS) is 25.1. The van der Waals surface area contributed by atoms with Gasteiger partial charge in [0.05, 0.1) is 11.8 Å². The number of hydrogen-bond donors (Lipinski definition) is 1. The van der Waals surface area contributed by atoms with Crippen LogP contribution in [0, 0.1) is 11.8 Å². The van der Waals surface area contributed by atoms with Gasteiger partial charge in [-0.25, -0.2) is 0 Å². The van der Waals surface area contributed by atoms with Crippen LogP contribution in [0.5, 0.6) is 11.5 Å². The second-order valence-corrected chi connectivity index (χ2v) is 12.3. The molecule has 1 heterocycles. The number of rotatable bonds is 6. The maximum atomic E-state index is 13.9. The molecule has 210 valence electrons. The number of carbonyl (C=O) groups excluding carboxylic acids is 3. The van der Waals surface area contributed by atoms with Crippen molar-refractivity contribution in [1.82, 2.24) is 4.90 Å². The summed E-state index contributed by atoms with van der Waals surface area (Å²) in [6.07, 6.45) is -0.0790. The van der Waals surface area contributed by atoms with Crippen molar-refractivity contribution < 1.29 is 19.1 Å². The van der Waals surface area contributed by atoms with Crippen LogP contribution in [-0.2, 0) is 24.1 Å². The zero-order valence-corrected chi connectivity index (χ0v) is 24.3. The summed E-state index contributed by atoms with van der Waals surface area (Å²) in [6, 6.07) is 28.8. The van der Waals surface area contributed by atoms with Crippen molar-refractivity contribution in [3.63, 3.8) is 0 Å². The quantitative estimate of drug-likeness (QED) is 0.186. The van der Waals surface area contributed by atoms with Gasteiger partial charge in [0.2, 0.25) is 17.7 Å². The predicted octanol–water partition coefficient (Wildman–Crippen LogP) is 7.05. The SMILES string of the molecule is O=C(CCN1C(=O)[C@H]2[C@H](C1=O)C1(Cl)c3ccccc3C2(Cl)c2ccccc21)Nc1ccc(Oc2ccc(Cl)cc2)cc1. The van der Waals surface area contributed by atoms with Gasteiger partial charge in [0.25, 0.3) is 0 Å². The van der Waals surface area contributed by atoms with Gasteiger partial charge in [-0.15, -0.1) is 23.2 Å². The van der Waals surface area contributed by atoms with Crippen LogP contribution < -0.4 is 10.1 Å². The van der Waals surface area contributed by atoms with Gasteiger partial charge in [-0.1, -0.05) is 60.1 Å². The fourth-order valence-electron chi connectivity index (χ4n) is 6.63. The summed E-state index contributed by atoms with van der Waals surface area (Å²) in [6.45, 7) is -0.0825. The Morgan fingerprint density at radius 1 is 0.714 bits per heavy atom. The van der Waals surface area contributed by atoms with Crippen LogP contribution in [0.1, 0.15) is 28.7 Å². The molecule has 2 atom stereocenters. The first kappa shape index (κ1) is 27.0. The molecule has 0 unspecified atom stereocenters. The predicted molar refractivity (Wildman–Crippen MR) is 161 cm³/mol. The number of benzene rings is 4. The highest BCUT2D eigenvalue weighted by molar-refractivity contribution is 6.36. The number of amides is 3. The summed E-state index contributed by atoms with van der Waals surface area (Å²) in [5, 5.41) is 3.43. The number of anilines is 1. The summed E-state index contributed by atoms with van der Waals surface area (Å²) >= 11 is 20.8. The van der Waals surface area contributed by atoms with Crippen molar-refractivity contribution in [1.29, 1.82) is 0 Å². The Morgan fingerprint density at radius 2 is 1.14 bits per heavy atom. The number of alkyl halides is 2. The Bertz CT molecular complexity index is 1630. The Hall–Kier alpha value is -3.84. The van der Waals surface area contributed by atoms with Crippen molar-refractivity contribution in [3.05, 3.63) is 124 Å². The molecule has 1 saturated heterocycles. The van der Waals surface area contributed by atoms with Gasteiger partial charge in [0.15, 0.2) is 0 Å². The molecule has 3 amide bonds. The van der Waals surface area contributed by atoms with Gasteiger partial charge in [0.1, 0.15) is 21.2 Å². The summed E-state index contributed by atoms with van der Waals surface area (Å²) in [5.41, 5.74) is 3.52. The van der Waals surface area contributed by atoms with Crippen molar-refractivity contribution in [2.45, 2.75) is 16.2 Å². The molecule has 1 aliphatic heterocycles. The van der Waals surface area contributed by atoms with Crippen LogP contribution >= 0.6 is 34.8 Å². The molecule has 1 N–H and O–H groups in total. The number of carbonyl (C=O) groups is 3. The monoisotopic (exact) mass is 616 g/mol. The third-order valence-electron chi connectivity index (χ3n) is 8.43. The maximum absolute atomic E-state index is 13.9. The molecule has 8 rings (SSSR count). The van der Waals surface area contributed by atoms with Crippen LogP contribution in [0.15, 0.2) is 97.1 Å². The van der Waals surface area contributed by atoms with Crippen molar-refractivity contribution >= 4 is 58.2 Å². The number of ether oxygens (including phenoxy) is 1. The van der Waals surface area contributed by atoms with Gasteiger partial charge in [0, 0.05) is 23.7 Å². The second kappa shape index (κ2) is 9.87. The topological polar surface area (TPSA) is 75.7 Å². The first-order valence-corrected chi connectivity index (χ1v) is 14.6. The van der Waals surface area contributed by atoms with E-state index in [0.717, 1.165) is 27.2 Å². The largest absolute Gasteiger partial charge is 0.457 e. The molecule has 4 aromatic rings. The van der Waals surface area contributed by atoms with E-state index in [1.54, 1.807) is 48.5 Å². The van der Waals surface area contributed by atoms with E-state index in [2.05, 4.69) is 5.32 Å². The molecule has 1 fully saturated rings. The Morgan fingerprint density at radius 3 is 1.60 bits per heavy atom. The highest BCUT2D eigenvalue weighted by Gasteiger charge is 2.72. The molecular weight excluding hydrogens is 595 g/mol. The van der Waals surface area contributed by atoms with E-state index in [1.165, 1.54) is 0 Å². The fraction of sp³-hybridized carbons (Fsp3) is 0.182. The fourth-order valence-corrected chi connectivity index (χ4v) is 7.85. The number of hydrogen-bond acceptors (Lipinski definition) is 4. The summed E-state index contributed by atoms with van der Waals surface area (Å²) in [5.74, 6) is -1.71. The lowest BCUT2D eigenvalue weighted by Gasteiger charge is -2.54. The highest BCUT2D eigenvalue weighted by atomic mass is 35.5. The number of nitrogens with zero attached hydrogens (tertiary/aromatic N) is 1. The molecule has 0 radical (unpaired) electrons. The highest BCUT2D eigenvalue weighted by Crippen LogP contribution is 2.69. The van der Waals surface area contributed by atoms with Crippen LogP contribution in [0.25, 0.3) is 0 Å². The summed E-state index contributed by atoms with van der Waals surface area (Å²) in [7, 11) is 0. The lowest BCUT2D eigenvalue weighted by molar-refractivity contribution is -0.140. The molecule has 0 saturated carbocycles. The molecule has 4 aromatic carbocycles. The molecule has 0 aromatic heterocycles. The lowest BCUT2D eigenvalue weighted by Crippen LogP contribution is -2.57. The van der Waals surface area contributed by atoms with Crippen LogP contribution in [0.4, 0.5) is 5.69 Å². The van der Waals surface area contributed by atoms with Gasteiger partial charge < -0.3 is 10.1 Å². The number of halogens is 3. The molecule has 42 heavy (non-hydrogen) atoms. The van der Waals surface area contributed by atoms with E-state index in [0.29, 0.717) is 22.2 Å². The minimum Gasteiger partial charge on any atom is -0.457 e. The second-order valence-electron chi connectivity index (χ2n) is 10.7. The lowest BCUT2D eigenvalue weighted by atomic mass is 9.54. The Balaban J connectivity index is 1.08. The van der Waals surface area contributed by atoms with Crippen molar-refractivity contribution in [2.24, 2.45) is 11.8 Å². The molecular formula is C33H23Cl3N2O4. The van der Waals surface area contributed by atoms with Crippen molar-refractivity contribution in [3.8, 4) is 11.5 Å². The molecule has 0 spiro atoms. The molecule has 3 aliphatic carbocycles. The average Bonchev–Trinajstić information content (AvgIpc) is 3.27. The minimum absolute atomic E-state index is 0.0790. The number of imide groups is 1. The third-order valence-corrected chi connectivity index (χ3v) is 9.96. The van der Waals surface area contributed by atoms with Crippen LogP contribution in [0.2, 0.25) is 5.02 Å². The minimum atomic E-state index is -1.24. The Kier molecular flexibility index (Phi) is 6.35. The van der Waals surface area contributed by atoms with E-state index in [-0.39, 0.29) is 18.9 Å². The number of nitrogens with one attached hydrogen (secondary N) is 1. The first-order valence-electron chi connectivity index (χ1n) is 13.5. The summed E-state index contributed by atoms with van der Waals surface area (Å²) < 4.78 is 5.79. The van der Waals surface area contributed by atoms with E-state index < -0.39 is 33.4 Å². The molecule has 9 heteroatoms. The Labute approximate surface area is 257 Å². The van der Waals surface area contributed by atoms with E-state index in [4.69, 9.17) is 39.5 Å². The van der Waals surface area contributed by atoms with Crippen LogP contribution in [-0.4, -0.2) is 29.2 Å². The smallest absolute Gasteiger partial charge is 0.235 e. The summed E-state index contributed by atoms with van der Waals surface area (Å²) in [4.78, 5) is 39.3. The first-order chi connectivity index (χ1) is 20.2. The van der Waals surface area contributed by atoms with Gasteiger partial charge in [-0.3, -0.25) is 19.3 Å². The van der Waals surface area contributed by atoms with E-state index in [9.17, 15) is 14.4 Å². The van der Waals surface area contributed by atoms with Crippen LogP contribution in [0.3, 0.4) is 0 Å². The van der Waals surface area contributed by atoms with Gasteiger partial charge in [-0.2, -0.15) is 0 Å². The standard InChI is InChI=1S/C33H23Cl3N2O4/c34-19-9-13-21(14-10-19)42-22-15-11-20(12-16-22)37-27(39)17-18-38-30(40)28-29(31(38)41)33(36)24-6-2-1-5-23(24)32(28,35)25-7-3-4-8-26(25)33/h1-16,28-29H,17-18H2,(H,37,39)/t28-,29-,32?,33?/m1/s1. The molecule has 4 aliphatic rings. The molecule has 2 bridgehead atoms. The van der Waals surface area contributed by atoms with E-state index in [1.807, 2.05) is 48.5 Å². The van der Waals surface area contributed by atoms with Gasteiger partial charge in [-0.05, 0) is 70.8 Å². The number of likely N-dealkylation sites (tertiary alicyclic amines) is 1. The van der Waals surface area contributed by atoms with Gasteiger partial charge >= 0.3 is 0 Å². The third kappa shape index (κ3) is 3.89. The average molecular weight is 618 g/mol. The van der Waals surface area contributed by atoms with Crippen molar-refractivity contribution in [2.75, 3.05) is 11.9 Å². The zero-order valence-electron chi connectivity index (χ0n) is 22.0. The molecule has 6 nitrogen and oxygen atoms in total. The maximum Gasteiger partial charge on any atom is 0.235 e.